The minimum absolute atomic E-state index is 0.495. The van der Waals surface area contributed by atoms with Gasteiger partial charge in [-0.15, -0.1) is 0 Å². The van der Waals surface area contributed by atoms with Crippen LogP contribution < -0.4 is 9.80 Å². The van der Waals surface area contributed by atoms with E-state index in [4.69, 9.17) is 9.40 Å². The van der Waals surface area contributed by atoms with Gasteiger partial charge in [-0.3, -0.25) is 0 Å². The number of aromatic nitrogens is 1. The lowest BCUT2D eigenvalue weighted by Gasteiger charge is -2.26. The fourth-order valence-corrected chi connectivity index (χ4v) is 5.22. The summed E-state index contributed by atoms with van der Waals surface area (Å²) >= 11 is 0. The summed E-state index contributed by atoms with van der Waals surface area (Å²) in [6.07, 6.45) is 4.67. The standard InChI is InChI=1S/C26H31N5O/c1-18-21(16-27)23-25(32-26(28-23)30-13-8-5-9-14-30)24(22(18)19-10-6-4-7-11-19)31-15-12-20(17-31)29(2)3/h4,6-7,10-11,20H,5,8-9,12-15,17H2,1-3H3/t20-/m0/s1. The maximum Gasteiger partial charge on any atom is 0.298 e. The van der Waals surface area contributed by atoms with E-state index in [1.54, 1.807) is 0 Å². The Kier molecular flexibility index (Phi) is 5.52. The average molecular weight is 430 g/mol. The zero-order valence-electron chi connectivity index (χ0n) is 19.3. The van der Waals surface area contributed by atoms with Crippen molar-refractivity contribution < 1.29 is 4.42 Å². The molecular weight excluding hydrogens is 398 g/mol. The molecule has 2 aromatic carbocycles. The van der Waals surface area contributed by atoms with Crippen LogP contribution >= 0.6 is 0 Å². The third-order valence-electron chi connectivity index (χ3n) is 7.07. The fraction of sp³-hybridized carbons (Fsp3) is 0.462. The first-order valence-corrected chi connectivity index (χ1v) is 11.7. The monoisotopic (exact) mass is 429 g/mol. The molecule has 3 heterocycles. The van der Waals surface area contributed by atoms with Crippen molar-refractivity contribution in [2.24, 2.45) is 0 Å². The van der Waals surface area contributed by atoms with Crippen LogP contribution in [0.25, 0.3) is 22.2 Å². The molecule has 6 nitrogen and oxygen atoms in total. The van der Waals surface area contributed by atoms with Crippen molar-refractivity contribution in [1.82, 2.24) is 9.88 Å². The van der Waals surface area contributed by atoms with Gasteiger partial charge in [-0.2, -0.15) is 10.2 Å². The van der Waals surface area contributed by atoms with Gasteiger partial charge in [0.25, 0.3) is 6.01 Å². The lowest BCUT2D eigenvalue weighted by atomic mass is 9.93. The molecule has 1 aromatic heterocycles. The SMILES string of the molecule is Cc1c(-c2ccccc2)c(N2CC[C@H](N(C)C)C2)c2oc(N3CCCCC3)nc2c1C#N. The number of piperidine rings is 1. The van der Waals surface area contributed by atoms with Crippen molar-refractivity contribution >= 4 is 22.8 Å². The molecule has 2 aliphatic heterocycles. The highest BCUT2D eigenvalue weighted by molar-refractivity contribution is 6.03. The van der Waals surface area contributed by atoms with Crippen molar-refractivity contribution in [1.29, 1.82) is 5.26 Å². The van der Waals surface area contributed by atoms with E-state index in [0.29, 0.717) is 23.1 Å². The lowest BCUT2D eigenvalue weighted by Crippen LogP contribution is -2.31. The van der Waals surface area contributed by atoms with Gasteiger partial charge in [-0.1, -0.05) is 30.3 Å². The van der Waals surface area contributed by atoms with Gasteiger partial charge in [0.15, 0.2) is 5.58 Å². The van der Waals surface area contributed by atoms with Crippen LogP contribution in [0.5, 0.6) is 0 Å². The summed E-state index contributed by atoms with van der Waals surface area (Å²) in [6, 6.07) is 14.0. The van der Waals surface area contributed by atoms with E-state index in [1.165, 1.54) is 6.42 Å². The molecule has 32 heavy (non-hydrogen) atoms. The summed E-state index contributed by atoms with van der Waals surface area (Å²) in [7, 11) is 4.30. The number of anilines is 2. The van der Waals surface area contributed by atoms with Crippen molar-refractivity contribution in [2.75, 3.05) is 50.1 Å². The molecule has 5 rings (SSSR count). The van der Waals surface area contributed by atoms with Gasteiger partial charge in [0.1, 0.15) is 11.6 Å². The topological polar surface area (TPSA) is 59.5 Å². The van der Waals surface area contributed by atoms with Crippen LogP contribution in [-0.2, 0) is 0 Å². The third-order valence-corrected chi connectivity index (χ3v) is 7.07. The number of likely N-dealkylation sites (N-methyl/N-ethyl adjacent to an activating group) is 1. The summed E-state index contributed by atoms with van der Waals surface area (Å²) in [6.45, 7) is 5.87. The van der Waals surface area contributed by atoms with Gasteiger partial charge in [0, 0.05) is 37.8 Å². The smallest absolute Gasteiger partial charge is 0.298 e. The molecule has 2 aliphatic rings. The van der Waals surface area contributed by atoms with E-state index >= 15 is 0 Å². The molecule has 0 spiro atoms. The van der Waals surface area contributed by atoms with Gasteiger partial charge < -0.3 is 19.1 Å². The van der Waals surface area contributed by atoms with E-state index in [1.807, 2.05) is 6.07 Å². The fourth-order valence-electron chi connectivity index (χ4n) is 5.22. The molecule has 166 valence electrons. The number of fused-ring (bicyclic) bond motifs is 1. The van der Waals surface area contributed by atoms with Gasteiger partial charge in [0.05, 0.1) is 11.3 Å². The Labute approximate surface area is 190 Å². The summed E-state index contributed by atoms with van der Waals surface area (Å²) in [5, 5.41) is 10.1. The molecule has 1 atom stereocenters. The molecule has 0 bridgehead atoms. The minimum atomic E-state index is 0.495. The first-order valence-electron chi connectivity index (χ1n) is 11.7. The van der Waals surface area contributed by atoms with Crippen LogP contribution in [0.1, 0.15) is 36.8 Å². The number of hydrogen-bond acceptors (Lipinski definition) is 6. The average Bonchev–Trinajstić information content (AvgIpc) is 3.48. The van der Waals surface area contributed by atoms with E-state index in [2.05, 4.69) is 66.1 Å². The van der Waals surface area contributed by atoms with Crippen LogP contribution in [-0.4, -0.2) is 56.2 Å². The Bertz CT molecular complexity index is 1150. The first-order chi connectivity index (χ1) is 15.6. The highest BCUT2D eigenvalue weighted by atomic mass is 16.4. The second kappa shape index (κ2) is 8.48. The molecule has 0 N–H and O–H groups in total. The quantitative estimate of drug-likeness (QED) is 0.593. The zero-order chi connectivity index (χ0) is 22.2. The molecule has 0 saturated carbocycles. The van der Waals surface area contributed by atoms with Gasteiger partial charge in [-0.05, 0) is 57.8 Å². The molecule has 2 fully saturated rings. The van der Waals surface area contributed by atoms with E-state index < -0.39 is 0 Å². The first kappa shape index (κ1) is 20.8. The van der Waals surface area contributed by atoms with Crippen molar-refractivity contribution in [3.63, 3.8) is 0 Å². The molecule has 0 amide bonds. The van der Waals surface area contributed by atoms with Crippen LogP contribution in [0.4, 0.5) is 11.7 Å². The maximum absolute atomic E-state index is 10.1. The number of hydrogen-bond donors (Lipinski definition) is 0. The number of benzene rings is 2. The van der Waals surface area contributed by atoms with Crippen LogP contribution in [0.15, 0.2) is 34.7 Å². The molecule has 0 aliphatic carbocycles. The van der Waals surface area contributed by atoms with Gasteiger partial charge in [-0.25, -0.2) is 0 Å². The normalized spacial score (nSPS) is 19.2. The molecular formula is C26H31N5O. The number of nitrogens with zero attached hydrogens (tertiary/aromatic N) is 5. The van der Waals surface area contributed by atoms with E-state index in [-0.39, 0.29) is 0 Å². The number of rotatable bonds is 4. The molecule has 0 unspecified atom stereocenters. The number of oxazole rings is 1. The predicted octanol–water partition coefficient (Wildman–Crippen LogP) is 4.81. The number of nitriles is 1. The Morgan fingerprint density at radius 3 is 2.47 bits per heavy atom. The Morgan fingerprint density at radius 2 is 1.81 bits per heavy atom. The van der Waals surface area contributed by atoms with Crippen LogP contribution in [0.3, 0.4) is 0 Å². The second-order valence-electron chi connectivity index (χ2n) is 9.28. The summed E-state index contributed by atoms with van der Waals surface area (Å²) < 4.78 is 6.51. The second-order valence-corrected chi connectivity index (χ2v) is 9.28. The van der Waals surface area contributed by atoms with E-state index in [0.717, 1.165) is 73.4 Å². The molecule has 6 heteroatoms. The van der Waals surface area contributed by atoms with Crippen molar-refractivity contribution in [3.05, 3.63) is 41.5 Å². The largest absolute Gasteiger partial charge is 0.421 e. The lowest BCUT2D eigenvalue weighted by molar-refractivity contribution is 0.315. The van der Waals surface area contributed by atoms with Crippen LogP contribution in [0, 0.1) is 18.3 Å². The van der Waals surface area contributed by atoms with Crippen molar-refractivity contribution in [3.8, 4) is 17.2 Å². The Balaban J connectivity index is 1.75. The highest BCUT2D eigenvalue weighted by Gasteiger charge is 2.32. The molecule has 0 radical (unpaired) electrons. The Morgan fingerprint density at radius 1 is 1.06 bits per heavy atom. The Hall–Kier alpha value is -3.04. The van der Waals surface area contributed by atoms with Crippen LogP contribution in [0.2, 0.25) is 0 Å². The summed E-state index contributed by atoms with van der Waals surface area (Å²) in [5.41, 5.74) is 6.35. The molecule has 2 saturated heterocycles. The van der Waals surface area contributed by atoms with Gasteiger partial charge >= 0.3 is 0 Å². The van der Waals surface area contributed by atoms with Crippen molar-refractivity contribution in [2.45, 2.75) is 38.6 Å². The summed E-state index contributed by atoms with van der Waals surface area (Å²) in [5.74, 6) is 0. The third kappa shape index (κ3) is 3.51. The van der Waals surface area contributed by atoms with Gasteiger partial charge in [0.2, 0.25) is 0 Å². The van der Waals surface area contributed by atoms with E-state index in [9.17, 15) is 5.26 Å². The minimum Gasteiger partial charge on any atom is -0.421 e. The predicted molar refractivity (Wildman–Crippen MR) is 129 cm³/mol. The zero-order valence-corrected chi connectivity index (χ0v) is 19.3. The summed E-state index contributed by atoms with van der Waals surface area (Å²) in [4.78, 5) is 11.9. The highest BCUT2D eigenvalue weighted by Crippen LogP contribution is 2.45. The maximum atomic E-state index is 10.1. The molecule has 3 aromatic rings.